The number of carbonyl (C=O) groups excluding carboxylic acids is 1. The molecule has 0 fully saturated rings. The second kappa shape index (κ2) is 6.24. The molecule has 0 saturated carbocycles. The first-order chi connectivity index (χ1) is 9.19. The van der Waals surface area contributed by atoms with Crippen molar-refractivity contribution in [1.82, 2.24) is 20.5 Å². The average Bonchev–Trinajstić information content (AvgIpc) is 2.84. The molecular weight excluding hydrogens is 264 g/mol. The van der Waals surface area contributed by atoms with Crippen molar-refractivity contribution in [3.05, 3.63) is 33.9 Å². The third kappa shape index (κ3) is 3.72. The molecule has 0 bridgehead atoms. The topological polar surface area (TPSA) is 77.0 Å². The standard InChI is InChI=1S/C12H14N4O2S/c1-8-15-16-11(19-8)5-6-13-12(17)9-3-4-10(18-2)14-7-9/h3-4,7H,5-6H2,1-2H3,(H,13,17). The molecule has 2 aromatic heterocycles. The molecule has 7 heteroatoms. The molecule has 0 aliphatic carbocycles. The molecular formula is C12H14N4O2S. The highest BCUT2D eigenvalue weighted by atomic mass is 32.1. The van der Waals surface area contributed by atoms with Crippen LogP contribution in [0.15, 0.2) is 18.3 Å². The van der Waals surface area contributed by atoms with Gasteiger partial charge >= 0.3 is 0 Å². The van der Waals surface area contributed by atoms with Crippen LogP contribution in [0.3, 0.4) is 0 Å². The maximum Gasteiger partial charge on any atom is 0.252 e. The van der Waals surface area contributed by atoms with E-state index < -0.39 is 0 Å². The molecule has 0 saturated heterocycles. The molecule has 0 aromatic carbocycles. The quantitative estimate of drug-likeness (QED) is 0.890. The molecule has 19 heavy (non-hydrogen) atoms. The Morgan fingerprint density at radius 3 is 2.84 bits per heavy atom. The van der Waals surface area contributed by atoms with Crippen molar-refractivity contribution in [3.8, 4) is 5.88 Å². The van der Waals surface area contributed by atoms with Gasteiger partial charge in [0.25, 0.3) is 5.91 Å². The zero-order chi connectivity index (χ0) is 13.7. The minimum absolute atomic E-state index is 0.156. The Bertz CT molecular complexity index is 553. The van der Waals surface area contributed by atoms with Crippen LogP contribution < -0.4 is 10.1 Å². The summed E-state index contributed by atoms with van der Waals surface area (Å²) >= 11 is 1.54. The van der Waals surface area contributed by atoms with E-state index in [1.807, 2.05) is 6.92 Å². The van der Waals surface area contributed by atoms with Crippen LogP contribution in [0.25, 0.3) is 0 Å². The predicted octanol–water partition coefficient (Wildman–Crippen LogP) is 1.22. The first-order valence-electron chi connectivity index (χ1n) is 5.76. The zero-order valence-electron chi connectivity index (χ0n) is 10.7. The number of aryl methyl sites for hydroxylation is 1. The van der Waals surface area contributed by atoms with Gasteiger partial charge in [-0.25, -0.2) is 4.98 Å². The summed E-state index contributed by atoms with van der Waals surface area (Å²) in [6.45, 7) is 2.43. The normalized spacial score (nSPS) is 10.2. The van der Waals surface area contributed by atoms with Gasteiger partial charge in [0.05, 0.1) is 12.7 Å². The van der Waals surface area contributed by atoms with E-state index in [2.05, 4.69) is 20.5 Å². The first kappa shape index (κ1) is 13.4. The fourth-order valence-corrected chi connectivity index (χ4v) is 2.17. The van der Waals surface area contributed by atoms with E-state index in [0.717, 1.165) is 10.0 Å². The van der Waals surface area contributed by atoms with E-state index in [4.69, 9.17) is 4.74 Å². The Morgan fingerprint density at radius 1 is 1.42 bits per heavy atom. The molecule has 2 rings (SSSR count). The molecule has 2 aromatic rings. The number of hydrogen-bond acceptors (Lipinski definition) is 6. The van der Waals surface area contributed by atoms with Crippen molar-refractivity contribution in [3.63, 3.8) is 0 Å². The molecule has 100 valence electrons. The Morgan fingerprint density at radius 2 is 2.26 bits per heavy atom. The summed E-state index contributed by atoms with van der Waals surface area (Å²) in [5.41, 5.74) is 0.509. The highest BCUT2D eigenvalue weighted by Gasteiger charge is 2.07. The molecule has 0 atom stereocenters. The molecule has 0 radical (unpaired) electrons. The van der Waals surface area contributed by atoms with E-state index in [9.17, 15) is 4.79 Å². The second-order valence-electron chi connectivity index (χ2n) is 3.81. The van der Waals surface area contributed by atoms with Crippen molar-refractivity contribution in [2.45, 2.75) is 13.3 Å². The van der Waals surface area contributed by atoms with Crippen LogP contribution in [0, 0.1) is 6.92 Å². The van der Waals surface area contributed by atoms with E-state index in [0.29, 0.717) is 24.4 Å². The van der Waals surface area contributed by atoms with Gasteiger partial charge in [-0.05, 0) is 13.0 Å². The Kier molecular flexibility index (Phi) is 4.40. The number of hydrogen-bond donors (Lipinski definition) is 1. The SMILES string of the molecule is COc1ccc(C(=O)NCCc2nnc(C)s2)cn1. The smallest absolute Gasteiger partial charge is 0.252 e. The van der Waals surface area contributed by atoms with Crippen LogP contribution >= 0.6 is 11.3 Å². The van der Waals surface area contributed by atoms with Gasteiger partial charge in [-0.3, -0.25) is 4.79 Å². The van der Waals surface area contributed by atoms with E-state index >= 15 is 0 Å². The molecule has 1 amide bonds. The van der Waals surface area contributed by atoms with Gasteiger partial charge in [-0.15, -0.1) is 21.5 Å². The van der Waals surface area contributed by atoms with Crippen molar-refractivity contribution < 1.29 is 9.53 Å². The van der Waals surface area contributed by atoms with Crippen molar-refractivity contribution in [2.24, 2.45) is 0 Å². The van der Waals surface area contributed by atoms with Crippen molar-refractivity contribution >= 4 is 17.2 Å². The number of amides is 1. The monoisotopic (exact) mass is 278 g/mol. The fourth-order valence-electron chi connectivity index (χ4n) is 1.46. The van der Waals surface area contributed by atoms with Crippen molar-refractivity contribution in [1.29, 1.82) is 0 Å². The summed E-state index contributed by atoms with van der Waals surface area (Å²) < 4.78 is 4.93. The molecule has 2 heterocycles. The highest BCUT2D eigenvalue weighted by molar-refractivity contribution is 7.11. The van der Waals surface area contributed by atoms with Crippen LogP contribution in [0.1, 0.15) is 20.4 Å². The summed E-state index contributed by atoms with van der Waals surface area (Å²) in [7, 11) is 1.53. The maximum atomic E-state index is 11.8. The molecule has 0 aliphatic heterocycles. The fraction of sp³-hybridized carbons (Fsp3) is 0.333. The van der Waals surface area contributed by atoms with Gasteiger partial charge in [0.15, 0.2) is 0 Å². The van der Waals surface area contributed by atoms with E-state index in [1.54, 1.807) is 12.1 Å². The lowest BCUT2D eigenvalue weighted by Crippen LogP contribution is -2.25. The first-order valence-corrected chi connectivity index (χ1v) is 6.58. The summed E-state index contributed by atoms with van der Waals surface area (Å²) in [6.07, 6.45) is 2.17. The molecule has 0 spiro atoms. The van der Waals surface area contributed by atoms with Crippen LogP contribution in [-0.4, -0.2) is 34.7 Å². The van der Waals surface area contributed by atoms with Crippen molar-refractivity contribution in [2.75, 3.05) is 13.7 Å². The zero-order valence-corrected chi connectivity index (χ0v) is 11.5. The lowest BCUT2D eigenvalue weighted by molar-refractivity contribution is 0.0953. The number of pyridine rings is 1. The number of methoxy groups -OCH3 is 1. The number of nitrogens with zero attached hydrogens (tertiary/aromatic N) is 3. The third-order valence-corrected chi connectivity index (χ3v) is 3.30. The third-order valence-electron chi connectivity index (χ3n) is 2.40. The molecule has 6 nitrogen and oxygen atoms in total. The number of aromatic nitrogens is 3. The highest BCUT2D eigenvalue weighted by Crippen LogP contribution is 2.08. The Balaban J connectivity index is 1.83. The summed E-state index contributed by atoms with van der Waals surface area (Å²) in [5.74, 6) is 0.331. The summed E-state index contributed by atoms with van der Waals surface area (Å²) in [4.78, 5) is 15.8. The van der Waals surface area contributed by atoms with Crippen LogP contribution in [-0.2, 0) is 6.42 Å². The largest absolute Gasteiger partial charge is 0.481 e. The average molecular weight is 278 g/mol. The summed E-state index contributed by atoms with van der Waals surface area (Å²) in [6, 6.07) is 3.33. The van der Waals surface area contributed by atoms with Crippen LogP contribution in [0.4, 0.5) is 0 Å². The van der Waals surface area contributed by atoms with Gasteiger partial charge < -0.3 is 10.1 Å². The van der Waals surface area contributed by atoms with Crippen LogP contribution in [0.5, 0.6) is 5.88 Å². The lowest BCUT2D eigenvalue weighted by atomic mass is 10.2. The Labute approximate surface area is 114 Å². The maximum absolute atomic E-state index is 11.8. The number of nitrogens with one attached hydrogen (secondary N) is 1. The van der Waals surface area contributed by atoms with E-state index in [1.165, 1.54) is 24.6 Å². The molecule has 0 aliphatic rings. The molecule has 1 N–H and O–H groups in total. The predicted molar refractivity (Wildman–Crippen MR) is 71.5 cm³/mol. The van der Waals surface area contributed by atoms with Gasteiger partial charge in [0.1, 0.15) is 10.0 Å². The lowest BCUT2D eigenvalue weighted by Gasteiger charge is -2.04. The molecule has 0 unspecified atom stereocenters. The minimum Gasteiger partial charge on any atom is -0.481 e. The Hall–Kier alpha value is -2.02. The minimum atomic E-state index is -0.156. The number of rotatable bonds is 5. The van der Waals surface area contributed by atoms with Gasteiger partial charge in [0, 0.05) is 25.2 Å². The van der Waals surface area contributed by atoms with Crippen LogP contribution in [0.2, 0.25) is 0 Å². The summed E-state index contributed by atoms with van der Waals surface area (Å²) in [5, 5.41) is 12.6. The number of carbonyl (C=O) groups is 1. The van der Waals surface area contributed by atoms with E-state index in [-0.39, 0.29) is 5.91 Å². The van der Waals surface area contributed by atoms with Gasteiger partial charge in [-0.2, -0.15) is 0 Å². The number of ether oxygens (including phenoxy) is 1. The van der Waals surface area contributed by atoms with Gasteiger partial charge in [-0.1, -0.05) is 0 Å². The second-order valence-corrected chi connectivity index (χ2v) is 5.08. The van der Waals surface area contributed by atoms with Gasteiger partial charge in [0.2, 0.25) is 5.88 Å².